The molecule has 176 valence electrons. The van der Waals surface area contributed by atoms with Gasteiger partial charge in [0.1, 0.15) is 5.82 Å². The van der Waals surface area contributed by atoms with Crippen molar-refractivity contribution in [3.8, 4) is 0 Å². The molecule has 0 atom stereocenters. The van der Waals surface area contributed by atoms with Crippen LogP contribution in [0.5, 0.6) is 0 Å². The van der Waals surface area contributed by atoms with E-state index < -0.39 is 32.6 Å². The molecule has 4 aromatic rings. The van der Waals surface area contributed by atoms with Crippen LogP contribution in [0.15, 0.2) is 77.7 Å². The average Bonchev–Trinajstić information content (AvgIpc) is 3.21. The van der Waals surface area contributed by atoms with Gasteiger partial charge in [0, 0.05) is 13.0 Å². The summed E-state index contributed by atoms with van der Waals surface area (Å²) in [6.45, 7) is 0.230. The fourth-order valence-electron chi connectivity index (χ4n) is 3.33. The van der Waals surface area contributed by atoms with Gasteiger partial charge in [0.2, 0.25) is 0 Å². The van der Waals surface area contributed by atoms with Crippen molar-refractivity contribution >= 4 is 32.7 Å². The number of hydrogen-bond donors (Lipinski definition) is 3. The zero-order valence-corrected chi connectivity index (χ0v) is 18.4. The van der Waals surface area contributed by atoms with Gasteiger partial charge in [-0.15, -0.1) is 0 Å². The number of alkyl halides is 3. The zero-order chi connectivity index (χ0) is 24.3. The van der Waals surface area contributed by atoms with Crippen molar-refractivity contribution in [1.29, 1.82) is 0 Å². The standard InChI is InChI=1S/C23H19F3N4O3S/c24-23(25,26)15-6-5-7-16(14-15)34(32,33)30-18-9-2-1-8-17(18)22(31)27-13-12-21-28-19-10-3-4-11-20(19)29-21/h1-11,14,30H,12-13H2,(H,27,31)(H,28,29). The molecule has 0 bridgehead atoms. The molecular formula is C23H19F3N4O3S. The third-order valence-electron chi connectivity index (χ3n) is 4.97. The van der Waals surface area contributed by atoms with E-state index in [2.05, 4.69) is 20.0 Å². The molecule has 0 aliphatic rings. The first-order valence-electron chi connectivity index (χ1n) is 10.1. The fraction of sp³-hybridized carbons (Fsp3) is 0.130. The number of sulfonamides is 1. The van der Waals surface area contributed by atoms with Crippen molar-refractivity contribution < 1.29 is 26.4 Å². The molecule has 0 radical (unpaired) electrons. The molecule has 0 spiro atoms. The van der Waals surface area contributed by atoms with Gasteiger partial charge in [0.15, 0.2) is 0 Å². The third-order valence-corrected chi connectivity index (χ3v) is 6.34. The monoisotopic (exact) mass is 488 g/mol. The van der Waals surface area contributed by atoms with Gasteiger partial charge in [0.25, 0.3) is 15.9 Å². The number of H-pyrrole nitrogens is 1. The first kappa shape index (κ1) is 23.3. The first-order chi connectivity index (χ1) is 16.1. The van der Waals surface area contributed by atoms with Crippen molar-refractivity contribution in [1.82, 2.24) is 15.3 Å². The summed E-state index contributed by atoms with van der Waals surface area (Å²) in [5.41, 5.74) is 0.562. The molecule has 1 aromatic heterocycles. The number of aromatic amines is 1. The van der Waals surface area contributed by atoms with Crippen LogP contribution in [0.1, 0.15) is 21.7 Å². The SMILES string of the molecule is O=C(NCCc1nc2ccccc2[nH]1)c1ccccc1NS(=O)(=O)c1cccc(C(F)(F)F)c1. The molecule has 34 heavy (non-hydrogen) atoms. The molecule has 4 rings (SSSR count). The number of amides is 1. The summed E-state index contributed by atoms with van der Waals surface area (Å²) in [7, 11) is -4.38. The summed E-state index contributed by atoms with van der Waals surface area (Å²) in [4.78, 5) is 19.7. The number of hydrogen-bond acceptors (Lipinski definition) is 4. The Bertz CT molecular complexity index is 1420. The lowest BCUT2D eigenvalue weighted by Gasteiger charge is -2.14. The van der Waals surface area contributed by atoms with Crippen LogP contribution in [0, 0.1) is 0 Å². The van der Waals surface area contributed by atoms with Crippen LogP contribution in [-0.2, 0) is 22.6 Å². The Morgan fingerprint density at radius 1 is 0.971 bits per heavy atom. The van der Waals surface area contributed by atoms with Crippen molar-refractivity contribution in [2.75, 3.05) is 11.3 Å². The smallest absolute Gasteiger partial charge is 0.352 e. The van der Waals surface area contributed by atoms with E-state index in [1.807, 2.05) is 24.3 Å². The number of carbonyl (C=O) groups is 1. The molecule has 0 aliphatic heterocycles. The van der Waals surface area contributed by atoms with Gasteiger partial charge in [-0.2, -0.15) is 13.2 Å². The lowest BCUT2D eigenvalue weighted by Crippen LogP contribution is -2.27. The van der Waals surface area contributed by atoms with Crippen molar-refractivity contribution in [2.45, 2.75) is 17.5 Å². The number of para-hydroxylation sites is 3. The highest BCUT2D eigenvalue weighted by atomic mass is 32.2. The Kier molecular flexibility index (Phi) is 6.29. The van der Waals surface area contributed by atoms with Crippen molar-refractivity contribution in [3.05, 3.63) is 89.7 Å². The number of imidazole rings is 1. The Morgan fingerprint density at radius 2 is 1.71 bits per heavy atom. The van der Waals surface area contributed by atoms with E-state index in [1.165, 1.54) is 18.2 Å². The molecule has 0 unspecified atom stereocenters. The number of aromatic nitrogens is 2. The molecule has 3 N–H and O–H groups in total. The van der Waals surface area contributed by atoms with E-state index in [0.717, 1.165) is 29.2 Å². The molecule has 11 heteroatoms. The van der Waals surface area contributed by atoms with E-state index in [4.69, 9.17) is 0 Å². The van der Waals surface area contributed by atoms with Crippen molar-refractivity contribution in [3.63, 3.8) is 0 Å². The van der Waals surface area contributed by atoms with E-state index >= 15 is 0 Å². The minimum Gasteiger partial charge on any atom is -0.352 e. The second-order valence-corrected chi connectivity index (χ2v) is 9.07. The predicted octanol–water partition coefficient (Wildman–Crippen LogP) is 4.36. The summed E-state index contributed by atoms with van der Waals surface area (Å²) in [6.07, 6.45) is -4.28. The molecule has 3 aromatic carbocycles. The van der Waals surface area contributed by atoms with Gasteiger partial charge in [-0.25, -0.2) is 13.4 Å². The van der Waals surface area contributed by atoms with Gasteiger partial charge in [-0.05, 0) is 42.5 Å². The number of halogens is 3. The van der Waals surface area contributed by atoms with Crippen LogP contribution in [0.4, 0.5) is 18.9 Å². The van der Waals surface area contributed by atoms with Crippen LogP contribution < -0.4 is 10.0 Å². The molecule has 1 amide bonds. The summed E-state index contributed by atoms with van der Waals surface area (Å²) in [5, 5.41) is 2.70. The summed E-state index contributed by atoms with van der Waals surface area (Å²) in [5.74, 6) is 0.137. The number of anilines is 1. The molecule has 0 saturated heterocycles. The van der Waals surface area contributed by atoms with E-state index in [0.29, 0.717) is 18.3 Å². The number of benzene rings is 3. The van der Waals surface area contributed by atoms with Gasteiger partial charge in [0.05, 0.1) is 32.7 Å². The van der Waals surface area contributed by atoms with E-state index in [9.17, 15) is 26.4 Å². The minimum absolute atomic E-state index is 0.0302. The number of carbonyl (C=O) groups excluding carboxylic acids is 1. The maximum atomic E-state index is 13.0. The van der Waals surface area contributed by atoms with Crippen LogP contribution in [-0.4, -0.2) is 30.8 Å². The molecule has 0 saturated carbocycles. The van der Waals surface area contributed by atoms with Gasteiger partial charge in [-0.1, -0.05) is 30.3 Å². The number of nitrogens with one attached hydrogen (secondary N) is 3. The second-order valence-electron chi connectivity index (χ2n) is 7.38. The molecular weight excluding hydrogens is 469 g/mol. The van der Waals surface area contributed by atoms with Crippen LogP contribution in [0.2, 0.25) is 0 Å². The first-order valence-corrected chi connectivity index (χ1v) is 11.6. The maximum absolute atomic E-state index is 13.0. The molecule has 7 nitrogen and oxygen atoms in total. The Morgan fingerprint density at radius 3 is 2.47 bits per heavy atom. The lowest BCUT2D eigenvalue weighted by atomic mass is 10.1. The van der Waals surface area contributed by atoms with Crippen LogP contribution >= 0.6 is 0 Å². The highest BCUT2D eigenvalue weighted by Crippen LogP contribution is 2.31. The number of fused-ring (bicyclic) bond motifs is 1. The Labute approximate surface area is 193 Å². The lowest BCUT2D eigenvalue weighted by molar-refractivity contribution is -0.137. The average molecular weight is 488 g/mol. The third kappa shape index (κ3) is 5.20. The maximum Gasteiger partial charge on any atom is 0.416 e. The summed E-state index contributed by atoms with van der Waals surface area (Å²) in [6, 6.07) is 16.7. The van der Waals surface area contributed by atoms with Gasteiger partial charge >= 0.3 is 6.18 Å². The molecule has 0 aliphatic carbocycles. The zero-order valence-electron chi connectivity index (χ0n) is 17.6. The minimum atomic E-state index is -4.69. The molecule has 1 heterocycles. The summed E-state index contributed by atoms with van der Waals surface area (Å²) >= 11 is 0. The van der Waals surface area contributed by atoms with E-state index in [-0.39, 0.29) is 17.8 Å². The predicted molar refractivity (Wildman–Crippen MR) is 121 cm³/mol. The Hall–Kier alpha value is -3.86. The largest absolute Gasteiger partial charge is 0.416 e. The Balaban J connectivity index is 1.47. The highest BCUT2D eigenvalue weighted by molar-refractivity contribution is 7.92. The van der Waals surface area contributed by atoms with Gasteiger partial charge < -0.3 is 10.3 Å². The topological polar surface area (TPSA) is 104 Å². The summed E-state index contributed by atoms with van der Waals surface area (Å²) < 4.78 is 66.6. The normalized spacial score (nSPS) is 12.0. The van der Waals surface area contributed by atoms with Gasteiger partial charge in [-0.3, -0.25) is 9.52 Å². The number of rotatable bonds is 7. The van der Waals surface area contributed by atoms with Crippen molar-refractivity contribution in [2.24, 2.45) is 0 Å². The second kappa shape index (κ2) is 9.18. The van der Waals surface area contributed by atoms with Crippen LogP contribution in [0.25, 0.3) is 11.0 Å². The fourth-order valence-corrected chi connectivity index (χ4v) is 4.45. The number of nitrogens with zero attached hydrogens (tertiary/aromatic N) is 1. The molecule has 0 fully saturated rings. The quantitative estimate of drug-likeness (QED) is 0.360. The van der Waals surface area contributed by atoms with Crippen LogP contribution in [0.3, 0.4) is 0 Å². The van der Waals surface area contributed by atoms with E-state index in [1.54, 1.807) is 6.07 Å². The highest BCUT2D eigenvalue weighted by Gasteiger charge is 2.31.